The predicted molar refractivity (Wildman–Crippen MR) is 102 cm³/mol. The first-order valence-electron chi connectivity index (χ1n) is 10.7. The molecule has 0 aromatic rings. The molecule has 0 aromatic heterocycles. The lowest BCUT2D eigenvalue weighted by Gasteiger charge is -2.22. The van der Waals surface area contributed by atoms with Crippen molar-refractivity contribution in [3.63, 3.8) is 0 Å². The number of carbonyl (C=O) groups is 2. The SMILES string of the molecule is CC(CNC(=O)CCC1CCCCC1)NC(=O)CCC1CCCCC1. The Morgan fingerprint density at radius 2 is 1.28 bits per heavy atom. The fourth-order valence-electron chi connectivity index (χ4n) is 4.38. The lowest BCUT2D eigenvalue weighted by atomic mass is 9.86. The molecule has 2 fully saturated rings. The Balaban J connectivity index is 1.50. The number of amides is 2. The molecule has 2 aliphatic carbocycles. The van der Waals surface area contributed by atoms with Crippen LogP contribution in [0.1, 0.15) is 96.8 Å². The summed E-state index contributed by atoms with van der Waals surface area (Å²) in [5, 5.41) is 6.01. The van der Waals surface area contributed by atoms with Crippen molar-refractivity contribution in [3.05, 3.63) is 0 Å². The van der Waals surface area contributed by atoms with Crippen molar-refractivity contribution < 1.29 is 9.59 Å². The topological polar surface area (TPSA) is 58.2 Å². The van der Waals surface area contributed by atoms with Gasteiger partial charge in [-0.1, -0.05) is 64.2 Å². The minimum Gasteiger partial charge on any atom is -0.354 e. The fraction of sp³-hybridized carbons (Fsp3) is 0.905. The van der Waals surface area contributed by atoms with Gasteiger partial charge in [-0.3, -0.25) is 9.59 Å². The number of hydrogen-bond acceptors (Lipinski definition) is 2. The zero-order valence-corrected chi connectivity index (χ0v) is 16.2. The molecule has 0 aromatic carbocycles. The van der Waals surface area contributed by atoms with E-state index in [0.29, 0.717) is 19.4 Å². The van der Waals surface area contributed by atoms with E-state index in [1.807, 2.05) is 6.92 Å². The fourth-order valence-corrected chi connectivity index (χ4v) is 4.38. The summed E-state index contributed by atoms with van der Waals surface area (Å²) in [5.41, 5.74) is 0. The van der Waals surface area contributed by atoms with Crippen molar-refractivity contribution in [2.24, 2.45) is 11.8 Å². The van der Waals surface area contributed by atoms with E-state index < -0.39 is 0 Å². The van der Waals surface area contributed by atoms with Crippen molar-refractivity contribution in [1.29, 1.82) is 0 Å². The van der Waals surface area contributed by atoms with Crippen molar-refractivity contribution >= 4 is 11.8 Å². The number of carbonyl (C=O) groups excluding carboxylic acids is 2. The maximum absolute atomic E-state index is 12.0. The highest BCUT2D eigenvalue weighted by atomic mass is 16.2. The number of hydrogen-bond donors (Lipinski definition) is 2. The van der Waals surface area contributed by atoms with Crippen LogP contribution in [0.25, 0.3) is 0 Å². The Morgan fingerprint density at radius 1 is 0.800 bits per heavy atom. The lowest BCUT2D eigenvalue weighted by molar-refractivity contribution is -0.123. The molecule has 0 spiro atoms. The molecule has 2 saturated carbocycles. The molecule has 0 radical (unpaired) electrons. The largest absolute Gasteiger partial charge is 0.354 e. The van der Waals surface area contributed by atoms with Gasteiger partial charge in [0.05, 0.1) is 0 Å². The second-order valence-corrected chi connectivity index (χ2v) is 8.36. The van der Waals surface area contributed by atoms with Gasteiger partial charge in [0.1, 0.15) is 0 Å². The van der Waals surface area contributed by atoms with Gasteiger partial charge >= 0.3 is 0 Å². The van der Waals surface area contributed by atoms with E-state index in [1.165, 1.54) is 64.2 Å². The van der Waals surface area contributed by atoms with Gasteiger partial charge < -0.3 is 10.6 Å². The van der Waals surface area contributed by atoms with E-state index in [2.05, 4.69) is 10.6 Å². The quantitative estimate of drug-likeness (QED) is 0.650. The van der Waals surface area contributed by atoms with Crippen LogP contribution in [-0.2, 0) is 9.59 Å². The van der Waals surface area contributed by atoms with E-state index in [-0.39, 0.29) is 17.9 Å². The monoisotopic (exact) mass is 350 g/mol. The van der Waals surface area contributed by atoms with Crippen molar-refractivity contribution in [2.75, 3.05) is 6.54 Å². The minimum absolute atomic E-state index is 0.0116. The van der Waals surface area contributed by atoms with Crippen LogP contribution in [0, 0.1) is 11.8 Å². The second kappa shape index (κ2) is 11.5. The standard InChI is InChI=1S/C21H38N2O2/c1-17(23-21(25)15-13-19-10-6-3-7-11-19)16-22-20(24)14-12-18-8-4-2-5-9-18/h17-19H,2-16H2,1H3,(H,22,24)(H,23,25). The Kier molecular flexibility index (Phi) is 9.35. The van der Waals surface area contributed by atoms with Gasteiger partial charge in [0, 0.05) is 25.4 Å². The van der Waals surface area contributed by atoms with Crippen LogP contribution in [0.4, 0.5) is 0 Å². The molecule has 25 heavy (non-hydrogen) atoms. The average molecular weight is 351 g/mol. The summed E-state index contributed by atoms with van der Waals surface area (Å²) in [7, 11) is 0. The average Bonchev–Trinajstić information content (AvgIpc) is 2.65. The van der Waals surface area contributed by atoms with Crippen LogP contribution in [-0.4, -0.2) is 24.4 Å². The molecule has 0 heterocycles. The van der Waals surface area contributed by atoms with Gasteiger partial charge in [0.2, 0.25) is 11.8 Å². The number of nitrogens with one attached hydrogen (secondary N) is 2. The van der Waals surface area contributed by atoms with E-state index in [1.54, 1.807) is 0 Å². The van der Waals surface area contributed by atoms with Crippen LogP contribution in [0.15, 0.2) is 0 Å². The summed E-state index contributed by atoms with van der Waals surface area (Å²) in [6.45, 7) is 2.51. The van der Waals surface area contributed by atoms with Crippen molar-refractivity contribution in [2.45, 2.75) is 103 Å². The molecule has 144 valence electrons. The second-order valence-electron chi connectivity index (χ2n) is 8.36. The first-order chi connectivity index (χ1) is 12.1. The normalized spacial score (nSPS) is 20.8. The van der Waals surface area contributed by atoms with E-state index in [4.69, 9.17) is 0 Å². The number of rotatable bonds is 9. The summed E-state index contributed by atoms with van der Waals surface area (Å²) >= 11 is 0. The molecule has 0 aliphatic heterocycles. The Labute approximate surface area is 153 Å². The summed E-state index contributed by atoms with van der Waals surface area (Å²) in [5.74, 6) is 1.76. The Bertz CT molecular complexity index is 399. The van der Waals surface area contributed by atoms with Gasteiger partial charge in [-0.15, -0.1) is 0 Å². The molecule has 2 amide bonds. The van der Waals surface area contributed by atoms with Crippen LogP contribution < -0.4 is 10.6 Å². The van der Waals surface area contributed by atoms with E-state index >= 15 is 0 Å². The third-order valence-electron chi connectivity index (χ3n) is 6.02. The van der Waals surface area contributed by atoms with Crippen LogP contribution in [0.2, 0.25) is 0 Å². The molecular weight excluding hydrogens is 312 g/mol. The van der Waals surface area contributed by atoms with E-state index in [0.717, 1.165) is 24.7 Å². The molecule has 4 nitrogen and oxygen atoms in total. The molecule has 0 saturated heterocycles. The Hall–Kier alpha value is -1.06. The molecule has 2 aliphatic rings. The maximum atomic E-state index is 12.0. The highest BCUT2D eigenvalue weighted by Gasteiger charge is 2.17. The summed E-state index contributed by atoms with van der Waals surface area (Å²) < 4.78 is 0. The third kappa shape index (κ3) is 8.73. The first kappa shape index (κ1) is 20.3. The van der Waals surface area contributed by atoms with Gasteiger partial charge in [0.25, 0.3) is 0 Å². The first-order valence-corrected chi connectivity index (χ1v) is 10.7. The lowest BCUT2D eigenvalue weighted by Crippen LogP contribution is -2.41. The smallest absolute Gasteiger partial charge is 0.220 e. The molecular formula is C21H38N2O2. The molecule has 4 heteroatoms. The van der Waals surface area contributed by atoms with Crippen LogP contribution in [0.5, 0.6) is 0 Å². The third-order valence-corrected chi connectivity index (χ3v) is 6.02. The Morgan fingerprint density at radius 3 is 1.80 bits per heavy atom. The molecule has 2 rings (SSSR count). The zero-order chi connectivity index (χ0) is 17.9. The van der Waals surface area contributed by atoms with E-state index in [9.17, 15) is 9.59 Å². The minimum atomic E-state index is 0.0116. The highest BCUT2D eigenvalue weighted by molar-refractivity contribution is 5.77. The van der Waals surface area contributed by atoms with Gasteiger partial charge in [0.15, 0.2) is 0 Å². The summed E-state index contributed by atoms with van der Waals surface area (Å²) in [6.07, 6.45) is 16.5. The van der Waals surface area contributed by atoms with Gasteiger partial charge in [-0.25, -0.2) is 0 Å². The zero-order valence-electron chi connectivity index (χ0n) is 16.2. The predicted octanol–water partition coefficient (Wildman–Crippen LogP) is 4.33. The summed E-state index contributed by atoms with van der Waals surface area (Å²) in [4.78, 5) is 24.0. The highest BCUT2D eigenvalue weighted by Crippen LogP contribution is 2.27. The van der Waals surface area contributed by atoms with Crippen molar-refractivity contribution in [3.8, 4) is 0 Å². The summed E-state index contributed by atoms with van der Waals surface area (Å²) in [6, 6.07) is 0.0116. The molecule has 0 bridgehead atoms. The molecule has 2 N–H and O–H groups in total. The van der Waals surface area contributed by atoms with Gasteiger partial charge in [-0.05, 0) is 31.6 Å². The molecule has 1 unspecified atom stereocenters. The van der Waals surface area contributed by atoms with Gasteiger partial charge in [-0.2, -0.15) is 0 Å². The maximum Gasteiger partial charge on any atom is 0.220 e. The van der Waals surface area contributed by atoms with Crippen LogP contribution >= 0.6 is 0 Å². The van der Waals surface area contributed by atoms with Crippen molar-refractivity contribution in [1.82, 2.24) is 10.6 Å². The molecule has 1 atom stereocenters. The van der Waals surface area contributed by atoms with Crippen LogP contribution in [0.3, 0.4) is 0 Å².